The van der Waals surface area contributed by atoms with Crippen LogP contribution in [0.4, 0.5) is 5.69 Å². The van der Waals surface area contributed by atoms with E-state index in [1.807, 2.05) is 5.31 Å². The first-order valence-electron chi connectivity index (χ1n) is 12.2. The van der Waals surface area contributed by atoms with Crippen molar-refractivity contribution in [1.29, 1.82) is 0 Å². The van der Waals surface area contributed by atoms with Gasteiger partial charge in [0, 0.05) is 0 Å². The molecule has 1 aromatic carbocycles. The van der Waals surface area contributed by atoms with E-state index < -0.39 is 8.22 Å². The van der Waals surface area contributed by atoms with Gasteiger partial charge in [-0.2, -0.15) is 0 Å². The molecule has 2 bridgehead atoms. The zero-order chi connectivity index (χ0) is 22.9. The molecule has 5 heteroatoms. The van der Waals surface area contributed by atoms with Gasteiger partial charge in [-0.15, -0.1) is 0 Å². The summed E-state index contributed by atoms with van der Waals surface area (Å²) in [4.78, 5) is 0. The third kappa shape index (κ3) is 4.18. The zero-order valence-corrected chi connectivity index (χ0v) is 26.7. The van der Waals surface area contributed by atoms with Crippen molar-refractivity contribution in [1.82, 2.24) is 9.34 Å². The summed E-state index contributed by atoms with van der Waals surface area (Å²) >= 11 is 0.594. The van der Waals surface area contributed by atoms with E-state index in [2.05, 4.69) is 87.6 Å². The molecule has 172 valence electrons. The van der Waals surface area contributed by atoms with Crippen LogP contribution >= 0.6 is 8.22 Å². The van der Waals surface area contributed by atoms with Gasteiger partial charge in [0.05, 0.1) is 0 Å². The SMILES string of the molecule is Cc1cc(C)c([N]([GeH3])C2=C(P3N(C(C)(C)C)CCN3C(C)(C)C)[C@H]3CC[C@@H]2C3)c(C)c1. The second-order valence-corrected chi connectivity index (χ2v) is 16.1. The Hall–Kier alpha value is -0.347. The van der Waals surface area contributed by atoms with Gasteiger partial charge in [-0.25, -0.2) is 0 Å². The van der Waals surface area contributed by atoms with Crippen LogP contribution in [-0.2, 0) is 0 Å². The van der Waals surface area contributed by atoms with Crippen LogP contribution in [0, 0.1) is 32.6 Å². The predicted octanol–water partition coefficient (Wildman–Crippen LogP) is 5.87. The number of aryl methyl sites for hydroxylation is 3. The Labute approximate surface area is 200 Å². The molecule has 2 fully saturated rings. The summed E-state index contributed by atoms with van der Waals surface area (Å²) in [6.45, 7) is 23.9. The fourth-order valence-electron chi connectivity index (χ4n) is 6.44. The number of benzene rings is 1. The summed E-state index contributed by atoms with van der Waals surface area (Å²) in [6.07, 6.45) is 4.20. The van der Waals surface area contributed by atoms with Crippen LogP contribution in [0.3, 0.4) is 0 Å². The molecule has 0 spiro atoms. The number of anilines is 1. The third-order valence-electron chi connectivity index (χ3n) is 7.55. The van der Waals surface area contributed by atoms with E-state index in [-0.39, 0.29) is 11.1 Å². The second-order valence-electron chi connectivity index (χ2n) is 12.2. The summed E-state index contributed by atoms with van der Waals surface area (Å²) in [6, 6.07) is 4.77. The summed E-state index contributed by atoms with van der Waals surface area (Å²) in [5.74, 6) is 1.58. The molecule has 1 aliphatic heterocycles. The Kier molecular flexibility index (Phi) is 6.26. The average Bonchev–Trinajstić information content (AvgIpc) is 3.32. The Morgan fingerprint density at radius 1 is 0.871 bits per heavy atom. The van der Waals surface area contributed by atoms with Gasteiger partial charge in [0.25, 0.3) is 0 Å². The fourth-order valence-corrected chi connectivity index (χ4v) is 13.2. The minimum absolute atomic E-state index is 0.210. The first-order chi connectivity index (χ1) is 14.3. The van der Waals surface area contributed by atoms with Crippen LogP contribution in [0.25, 0.3) is 0 Å². The molecule has 1 saturated heterocycles. The predicted molar refractivity (Wildman–Crippen MR) is 141 cm³/mol. The van der Waals surface area contributed by atoms with Gasteiger partial charge in [-0.05, 0) is 0 Å². The summed E-state index contributed by atoms with van der Waals surface area (Å²) in [7, 11) is -0.417. The Bertz CT molecular complexity index is 850. The van der Waals surface area contributed by atoms with Gasteiger partial charge in [0.2, 0.25) is 0 Å². The summed E-state index contributed by atoms with van der Waals surface area (Å²) in [5.41, 5.74) is 7.99. The number of hydrogen-bond donors (Lipinski definition) is 0. The Balaban J connectivity index is 1.87. The Morgan fingerprint density at radius 3 is 1.84 bits per heavy atom. The molecule has 3 nitrogen and oxygen atoms in total. The monoisotopic (exact) mass is 503 g/mol. The topological polar surface area (TPSA) is 9.72 Å². The number of fused-ring (bicyclic) bond motifs is 2. The second kappa shape index (κ2) is 8.15. The number of hydrogen-bond acceptors (Lipinski definition) is 3. The molecule has 3 aliphatic rings. The molecule has 2 atom stereocenters. The van der Waals surface area contributed by atoms with Gasteiger partial charge in [-0.1, -0.05) is 0 Å². The van der Waals surface area contributed by atoms with Gasteiger partial charge < -0.3 is 0 Å². The van der Waals surface area contributed by atoms with Crippen molar-refractivity contribution in [2.24, 2.45) is 11.8 Å². The van der Waals surface area contributed by atoms with E-state index in [0.29, 0.717) is 16.7 Å². The van der Waals surface area contributed by atoms with E-state index >= 15 is 0 Å². The van der Waals surface area contributed by atoms with Crippen LogP contribution in [0.2, 0.25) is 0 Å². The molecule has 2 aliphatic carbocycles. The van der Waals surface area contributed by atoms with E-state index in [4.69, 9.17) is 0 Å². The first kappa shape index (κ1) is 23.8. The molecule has 0 radical (unpaired) electrons. The molecular formula is C26H44GeN3P. The quantitative estimate of drug-likeness (QED) is 0.379. The third-order valence-corrected chi connectivity index (χ3v) is 13.0. The van der Waals surface area contributed by atoms with Crippen molar-refractivity contribution >= 4 is 30.6 Å². The first-order valence-corrected chi connectivity index (χ1v) is 15.3. The minimum atomic E-state index is -0.417. The fraction of sp³-hybridized carbons (Fsp3) is 0.692. The van der Waals surface area contributed by atoms with Crippen molar-refractivity contribution in [2.45, 2.75) is 92.7 Å². The van der Waals surface area contributed by atoms with Crippen molar-refractivity contribution in [3.05, 3.63) is 39.8 Å². The van der Waals surface area contributed by atoms with Crippen LogP contribution in [0.15, 0.2) is 23.1 Å². The van der Waals surface area contributed by atoms with Crippen LogP contribution < -0.4 is 3.86 Å². The van der Waals surface area contributed by atoms with Crippen LogP contribution in [0.5, 0.6) is 0 Å². The standard InChI is InChI=1S/C26H44GeN3P/c1-17-14-18(2)22(19(3)15-17)30(27)23-20-10-11-21(16-20)24(23)31-28(25(4,5)6)12-13-29(31)26(7,8)9/h14-15,20-21H,10-13,16H2,1-9,27H3/t20-,21+/m1/s1. The van der Waals surface area contributed by atoms with E-state index in [0.717, 1.165) is 11.8 Å². The maximum absolute atomic E-state index is 2.87. The van der Waals surface area contributed by atoms with Crippen LogP contribution in [0.1, 0.15) is 77.5 Å². The maximum atomic E-state index is 2.87. The van der Waals surface area contributed by atoms with Crippen molar-refractivity contribution < 1.29 is 0 Å². The van der Waals surface area contributed by atoms with Gasteiger partial charge in [0.15, 0.2) is 0 Å². The molecule has 1 aromatic rings. The van der Waals surface area contributed by atoms with Gasteiger partial charge >= 0.3 is 201 Å². The molecular weight excluding hydrogens is 458 g/mol. The van der Waals surface area contributed by atoms with Gasteiger partial charge in [-0.3, -0.25) is 0 Å². The zero-order valence-electron chi connectivity index (χ0n) is 21.6. The normalized spacial score (nSPS) is 26.0. The molecule has 0 N–H and O–H groups in total. The molecule has 0 amide bonds. The molecule has 1 saturated carbocycles. The summed E-state index contributed by atoms with van der Waals surface area (Å²) < 4.78 is 8.55. The van der Waals surface area contributed by atoms with Crippen LogP contribution in [-0.4, -0.2) is 50.2 Å². The molecule has 0 aromatic heterocycles. The number of allylic oxidation sites excluding steroid dienone is 2. The van der Waals surface area contributed by atoms with E-state index in [1.165, 1.54) is 54.7 Å². The van der Waals surface area contributed by atoms with Crippen molar-refractivity contribution in [3.63, 3.8) is 0 Å². The molecule has 0 unspecified atom stereocenters. The molecule has 1 heterocycles. The van der Waals surface area contributed by atoms with E-state index in [9.17, 15) is 0 Å². The van der Waals surface area contributed by atoms with E-state index in [1.54, 1.807) is 5.70 Å². The molecule has 31 heavy (non-hydrogen) atoms. The number of rotatable bonds is 3. The van der Waals surface area contributed by atoms with Crippen molar-refractivity contribution in [3.8, 4) is 0 Å². The molecule has 4 rings (SSSR count). The number of nitrogens with zero attached hydrogens (tertiary/aromatic N) is 3. The summed E-state index contributed by atoms with van der Waals surface area (Å²) in [5, 5.41) is 1.85. The average molecular weight is 502 g/mol. The van der Waals surface area contributed by atoms with Gasteiger partial charge in [0.1, 0.15) is 0 Å². The Morgan fingerprint density at radius 2 is 1.35 bits per heavy atom. The van der Waals surface area contributed by atoms with Crippen molar-refractivity contribution in [2.75, 3.05) is 16.9 Å².